The summed E-state index contributed by atoms with van der Waals surface area (Å²) in [6.07, 6.45) is -0.142. The van der Waals surface area contributed by atoms with Crippen molar-refractivity contribution in [2.45, 2.75) is 65.6 Å². The molecule has 2 aromatic carbocycles. The zero-order chi connectivity index (χ0) is 27.2. The van der Waals surface area contributed by atoms with Crippen LogP contribution in [-0.4, -0.2) is 46.6 Å². The van der Waals surface area contributed by atoms with Crippen molar-refractivity contribution in [3.05, 3.63) is 58.6 Å². The van der Waals surface area contributed by atoms with Crippen LogP contribution < -0.4 is 10.6 Å². The number of likely N-dealkylation sites (N-methyl/N-ethyl adjacent to an activating group) is 1. The zero-order valence-electron chi connectivity index (χ0n) is 21.9. The zero-order valence-corrected chi connectivity index (χ0v) is 22.6. The molecule has 2 rings (SSSR count). The second kappa shape index (κ2) is 12.1. The average molecular weight is 518 g/mol. The molecule has 0 saturated carbocycles. The van der Waals surface area contributed by atoms with E-state index in [1.165, 1.54) is 18.0 Å². The van der Waals surface area contributed by atoms with E-state index in [0.29, 0.717) is 17.1 Å². The molecule has 0 fully saturated rings. The maximum Gasteiger partial charge on any atom is 0.408 e. The predicted molar refractivity (Wildman–Crippen MR) is 141 cm³/mol. The molecular weight excluding hydrogens is 482 g/mol. The van der Waals surface area contributed by atoms with E-state index in [2.05, 4.69) is 10.6 Å². The lowest BCUT2D eigenvalue weighted by molar-refractivity contribution is -0.140. The van der Waals surface area contributed by atoms with E-state index in [-0.39, 0.29) is 17.2 Å². The number of carbonyl (C=O) groups excluding carboxylic acids is 3. The number of benzene rings is 2. The van der Waals surface area contributed by atoms with E-state index < -0.39 is 35.6 Å². The number of nitrogens with zero attached hydrogens (tertiary/aromatic N) is 1. The molecule has 0 aromatic heterocycles. The number of alkyl carbamates (subject to hydrolysis) is 1. The second-order valence-corrected chi connectivity index (χ2v) is 10.2. The largest absolute Gasteiger partial charge is 0.508 e. The summed E-state index contributed by atoms with van der Waals surface area (Å²) in [5.74, 6) is -1.47. The van der Waals surface area contributed by atoms with Crippen LogP contribution in [0.2, 0.25) is 5.02 Å². The van der Waals surface area contributed by atoms with Crippen LogP contribution in [-0.2, 0) is 14.3 Å². The SMILES string of the molecule is CCC(C)C(NC(=O)OC(C)(C)C)C(=O)N(C)C(C(=O)Nc1c(C)cccc1Cl)c1ccccc1O. The number of ether oxygens (including phenoxy) is 1. The molecule has 0 bridgehead atoms. The van der Waals surface area contributed by atoms with Gasteiger partial charge < -0.3 is 25.4 Å². The van der Waals surface area contributed by atoms with E-state index in [1.807, 2.05) is 13.8 Å². The average Bonchev–Trinajstić information content (AvgIpc) is 2.79. The summed E-state index contributed by atoms with van der Waals surface area (Å²) in [6, 6.07) is 9.36. The monoisotopic (exact) mass is 517 g/mol. The van der Waals surface area contributed by atoms with Gasteiger partial charge in [-0.3, -0.25) is 9.59 Å². The van der Waals surface area contributed by atoms with Gasteiger partial charge in [0.1, 0.15) is 23.4 Å². The van der Waals surface area contributed by atoms with Crippen molar-refractivity contribution in [2.24, 2.45) is 5.92 Å². The number of nitrogens with one attached hydrogen (secondary N) is 2. The number of phenols is 1. The molecule has 3 unspecified atom stereocenters. The van der Waals surface area contributed by atoms with E-state index in [4.69, 9.17) is 16.3 Å². The molecule has 3 atom stereocenters. The lowest BCUT2D eigenvalue weighted by Gasteiger charge is -2.33. The Balaban J connectivity index is 2.46. The minimum Gasteiger partial charge on any atom is -0.508 e. The number of halogens is 1. The highest BCUT2D eigenvalue weighted by atomic mass is 35.5. The predicted octanol–water partition coefficient (Wildman–Crippen LogP) is 5.43. The highest BCUT2D eigenvalue weighted by Crippen LogP contribution is 2.32. The first-order valence-corrected chi connectivity index (χ1v) is 12.2. The summed E-state index contributed by atoms with van der Waals surface area (Å²) < 4.78 is 5.36. The number of carbonyl (C=O) groups is 3. The van der Waals surface area contributed by atoms with Crippen molar-refractivity contribution in [3.63, 3.8) is 0 Å². The molecule has 8 nitrogen and oxygen atoms in total. The van der Waals surface area contributed by atoms with Gasteiger partial charge in [-0.1, -0.05) is 62.2 Å². The van der Waals surface area contributed by atoms with Gasteiger partial charge in [-0.25, -0.2) is 4.79 Å². The van der Waals surface area contributed by atoms with E-state index >= 15 is 0 Å². The van der Waals surface area contributed by atoms with Gasteiger partial charge in [0.2, 0.25) is 5.91 Å². The number of aryl methyl sites for hydroxylation is 1. The quantitative estimate of drug-likeness (QED) is 0.432. The van der Waals surface area contributed by atoms with Crippen molar-refractivity contribution in [1.82, 2.24) is 10.2 Å². The molecular formula is C27H36ClN3O5. The first-order valence-electron chi connectivity index (χ1n) is 11.9. The van der Waals surface area contributed by atoms with Crippen LogP contribution in [0.1, 0.15) is 58.2 Å². The Morgan fingerprint density at radius 2 is 1.75 bits per heavy atom. The Morgan fingerprint density at radius 3 is 2.31 bits per heavy atom. The first-order chi connectivity index (χ1) is 16.8. The summed E-state index contributed by atoms with van der Waals surface area (Å²) in [4.78, 5) is 41.1. The fourth-order valence-corrected chi connectivity index (χ4v) is 3.96. The Morgan fingerprint density at radius 1 is 1.11 bits per heavy atom. The topological polar surface area (TPSA) is 108 Å². The molecule has 0 aliphatic carbocycles. The Labute approximate surface area is 218 Å². The maximum atomic E-state index is 13.7. The highest BCUT2D eigenvalue weighted by Gasteiger charge is 2.37. The van der Waals surface area contributed by atoms with Crippen LogP contribution >= 0.6 is 11.6 Å². The number of anilines is 1. The molecule has 2 aromatic rings. The Kier molecular flexibility index (Phi) is 9.76. The highest BCUT2D eigenvalue weighted by molar-refractivity contribution is 6.34. The number of para-hydroxylation sites is 2. The van der Waals surface area contributed by atoms with Gasteiger partial charge in [-0.15, -0.1) is 0 Å². The molecule has 3 N–H and O–H groups in total. The van der Waals surface area contributed by atoms with Gasteiger partial charge in [-0.05, 0) is 51.3 Å². The second-order valence-electron chi connectivity index (χ2n) is 9.84. The Bertz CT molecular complexity index is 1080. The molecule has 0 aliphatic rings. The third kappa shape index (κ3) is 7.37. The fraction of sp³-hybridized carbons (Fsp3) is 0.444. The molecule has 196 valence electrons. The van der Waals surface area contributed by atoms with Crippen LogP contribution in [0.15, 0.2) is 42.5 Å². The Hall–Kier alpha value is -3.26. The van der Waals surface area contributed by atoms with Gasteiger partial charge in [0.15, 0.2) is 0 Å². The van der Waals surface area contributed by atoms with E-state index in [1.54, 1.807) is 64.1 Å². The van der Waals surface area contributed by atoms with Crippen molar-refractivity contribution >= 4 is 35.2 Å². The number of hydrogen-bond donors (Lipinski definition) is 3. The van der Waals surface area contributed by atoms with Crippen LogP contribution in [0.4, 0.5) is 10.5 Å². The van der Waals surface area contributed by atoms with Gasteiger partial charge in [0.25, 0.3) is 5.91 Å². The van der Waals surface area contributed by atoms with Crippen molar-refractivity contribution in [1.29, 1.82) is 0 Å². The third-order valence-electron chi connectivity index (χ3n) is 5.84. The van der Waals surface area contributed by atoms with Crippen LogP contribution in [0, 0.1) is 12.8 Å². The molecule has 0 heterocycles. The summed E-state index contributed by atoms with van der Waals surface area (Å²) in [6.45, 7) is 10.7. The number of phenolic OH excluding ortho intramolecular Hbond substituents is 1. The lowest BCUT2D eigenvalue weighted by atomic mass is 9.96. The fourth-order valence-electron chi connectivity index (χ4n) is 3.69. The minimum atomic E-state index is -1.21. The van der Waals surface area contributed by atoms with Crippen LogP contribution in [0.25, 0.3) is 0 Å². The van der Waals surface area contributed by atoms with Gasteiger partial charge >= 0.3 is 6.09 Å². The lowest BCUT2D eigenvalue weighted by Crippen LogP contribution is -2.53. The molecule has 0 saturated heterocycles. The van der Waals surface area contributed by atoms with Gasteiger partial charge in [-0.2, -0.15) is 0 Å². The van der Waals surface area contributed by atoms with E-state index in [9.17, 15) is 19.5 Å². The van der Waals surface area contributed by atoms with Gasteiger partial charge in [0.05, 0.1) is 10.7 Å². The number of hydrogen-bond acceptors (Lipinski definition) is 5. The van der Waals surface area contributed by atoms with E-state index in [0.717, 1.165) is 5.56 Å². The molecule has 0 radical (unpaired) electrons. The molecule has 0 spiro atoms. The molecule has 9 heteroatoms. The molecule has 0 aliphatic heterocycles. The van der Waals surface area contributed by atoms with Crippen molar-refractivity contribution < 1.29 is 24.2 Å². The summed E-state index contributed by atoms with van der Waals surface area (Å²) in [5, 5.41) is 16.4. The van der Waals surface area contributed by atoms with Crippen LogP contribution in [0.3, 0.4) is 0 Å². The molecule has 3 amide bonds. The smallest absolute Gasteiger partial charge is 0.408 e. The van der Waals surface area contributed by atoms with Crippen molar-refractivity contribution in [3.8, 4) is 5.75 Å². The van der Waals surface area contributed by atoms with Gasteiger partial charge in [0, 0.05) is 12.6 Å². The van der Waals surface area contributed by atoms with Crippen molar-refractivity contribution in [2.75, 3.05) is 12.4 Å². The maximum absolute atomic E-state index is 13.7. The normalized spacial score (nSPS) is 13.8. The molecule has 36 heavy (non-hydrogen) atoms. The standard InChI is InChI=1S/C27H36ClN3O5/c1-8-16(2)22(30-26(35)36-27(4,5)6)25(34)31(7)23(18-13-9-10-15-20(18)32)24(33)29-21-17(3)12-11-14-19(21)28/h9-16,22-23,32H,8H2,1-7H3,(H,29,33)(H,30,35). The summed E-state index contributed by atoms with van der Waals surface area (Å²) in [5.41, 5.74) is 0.640. The number of rotatable bonds is 8. The third-order valence-corrected chi connectivity index (χ3v) is 6.15. The summed E-state index contributed by atoms with van der Waals surface area (Å²) in [7, 11) is 1.46. The first kappa shape index (κ1) is 29.0. The minimum absolute atomic E-state index is 0.145. The number of aromatic hydroxyl groups is 1. The summed E-state index contributed by atoms with van der Waals surface area (Å²) >= 11 is 6.31. The number of amides is 3. The van der Waals surface area contributed by atoms with Crippen LogP contribution in [0.5, 0.6) is 5.75 Å².